The lowest BCUT2D eigenvalue weighted by Crippen LogP contribution is -2.12. The number of aromatic amines is 1. The highest BCUT2D eigenvalue weighted by molar-refractivity contribution is 7.99. The van der Waals surface area contributed by atoms with Gasteiger partial charge in [0.15, 0.2) is 5.16 Å². The van der Waals surface area contributed by atoms with E-state index in [1.807, 2.05) is 24.3 Å². The molecule has 0 saturated heterocycles. The summed E-state index contributed by atoms with van der Waals surface area (Å²) in [5.74, 6) is 0.808. The molecule has 0 aliphatic heterocycles. The van der Waals surface area contributed by atoms with Crippen LogP contribution in [-0.2, 0) is 0 Å². The molecule has 1 aromatic heterocycles. The molecule has 2 aromatic carbocycles. The number of imidazole rings is 1. The van der Waals surface area contributed by atoms with E-state index >= 15 is 0 Å². The van der Waals surface area contributed by atoms with Gasteiger partial charge in [-0.1, -0.05) is 53.7 Å². The highest BCUT2D eigenvalue weighted by Crippen LogP contribution is 2.23. The second-order valence-corrected chi connectivity index (χ2v) is 5.90. The minimum Gasteiger partial charge on any atom is -0.333 e. The summed E-state index contributed by atoms with van der Waals surface area (Å²) in [6.45, 7) is 2.08. The predicted molar refractivity (Wildman–Crippen MR) is 84.9 cm³/mol. The molecule has 0 radical (unpaired) electrons. The lowest BCUT2D eigenvalue weighted by atomic mass is 10.1. The molecule has 3 N–H and O–H groups in total. The minimum atomic E-state index is 0.0220. The summed E-state index contributed by atoms with van der Waals surface area (Å²) in [5.41, 5.74) is 10.7. The van der Waals surface area contributed by atoms with Crippen molar-refractivity contribution in [1.29, 1.82) is 0 Å². The fraction of sp³-hybridized carbons (Fsp3) is 0.188. The number of hydrogen-bond acceptors (Lipinski definition) is 3. The van der Waals surface area contributed by atoms with E-state index in [-0.39, 0.29) is 6.04 Å². The van der Waals surface area contributed by atoms with E-state index in [9.17, 15) is 0 Å². The Balaban J connectivity index is 1.68. The highest BCUT2D eigenvalue weighted by atomic mass is 32.2. The Hall–Kier alpha value is -1.78. The molecule has 3 rings (SSSR count). The molecule has 0 fully saturated rings. The third-order valence-corrected chi connectivity index (χ3v) is 4.27. The van der Waals surface area contributed by atoms with Crippen molar-refractivity contribution < 1.29 is 0 Å². The first kappa shape index (κ1) is 13.2. The van der Waals surface area contributed by atoms with Crippen LogP contribution >= 0.6 is 11.8 Å². The molecule has 0 aliphatic rings. The first-order chi connectivity index (χ1) is 9.72. The van der Waals surface area contributed by atoms with Crippen LogP contribution in [0.2, 0.25) is 0 Å². The van der Waals surface area contributed by atoms with Gasteiger partial charge in [0.25, 0.3) is 0 Å². The third-order valence-electron chi connectivity index (χ3n) is 3.27. The number of para-hydroxylation sites is 2. The van der Waals surface area contributed by atoms with Gasteiger partial charge in [0.05, 0.1) is 11.0 Å². The van der Waals surface area contributed by atoms with Crippen LogP contribution in [-0.4, -0.2) is 15.7 Å². The van der Waals surface area contributed by atoms with Gasteiger partial charge in [0, 0.05) is 11.8 Å². The fourth-order valence-corrected chi connectivity index (χ4v) is 2.95. The number of rotatable bonds is 4. The predicted octanol–water partition coefficient (Wildman–Crippen LogP) is 3.66. The lowest BCUT2D eigenvalue weighted by Gasteiger charge is -2.10. The van der Waals surface area contributed by atoms with Gasteiger partial charge in [0.1, 0.15) is 0 Å². The Labute approximate surface area is 122 Å². The van der Waals surface area contributed by atoms with E-state index in [2.05, 4.69) is 41.2 Å². The Morgan fingerprint density at radius 2 is 1.90 bits per heavy atom. The van der Waals surface area contributed by atoms with Crippen LogP contribution in [0, 0.1) is 6.92 Å². The van der Waals surface area contributed by atoms with Crippen molar-refractivity contribution in [2.24, 2.45) is 5.73 Å². The average molecular weight is 283 g/mol. The number of fused-ring (bicyclic) bond motifs is 1. The van der Waals surface area contributed by atoms with Gasteiger partial charge < -0.3 is 10.7 Å². The summed E-state index contributed by atoms with van der Waals surface area (Å²) in [7, 11) is 0. The van der Waals surface area contributed by atoms with Gasteiger partial charge in [-0.15, -0.1) is 0 Å². The first-order valence-electron chi connectivity index (χ1n) is 6.62. The van der Waals surface area contributed by atoms with Crippen LogP contribution in [0.3, 0.4) is 0 Å². The van der Waals surface area contributed by atoms with Crippen LogP contribution in [0.25, 0.3) is 11.0 Å². The van der Waals surface area contributed by atoms with Crippen molar-refractivity contribution >= 4 is 22.8 Å². The Morgan fingerprint density at radius 1 is 1.15 bits per heavy atom. The third kappa shape index (κ3) is 2.86. The maximum atomic E-state index is 6.22. The highest BCUT2D eigenvalue weighted by Gasteiger charge is 2.08. The number of nitrogens with two attached hydrogens (primary N) is 1. The zero-order valence-electron chi connectivity index (χ0n) is 11.3. The summed E-state index contributed by atoms with van der Waals surface area (Å²) in [5, 5.41) is 0.925. The van der Waals surface area contributed by atoms with Gasteiger partial charge >= 0.3 is 0 Å². The molecule has 0 bridgehead atoms. The number of hydrogen-bond donors (Lipinski definition) is 2. The average Bonchev–Trinajstić information content (AvgIpc) is 2.88. The number of aromatic nitrogens is 2. The van der Waals surface area contributed by atoms with Crippen LogP contribution in [0.1, 0.15) is 17.2 Å². The second kappa shape index (κ2) is 5.69. The molecule has 1 unspecified atom stereocenters. The largest absolute Gasteiger partial charge is 0.333 e. The number of nitrogens with one attached hydrogen (secondary N) is 1. The number of H-pyrrole nitrogens is 1. The SMILES string of the molecule is Cc1ccc(C(N)CSc2nc3ccccc3[nH]2)cc1. The topological polar surface area (TPSA) is 54.7 Å². The van der Waals surface area contributed by atoms with Crippen molar-refractivity contribution in [2.45, 2.75) is 18.1 Å². The Kier molecular flexibility index (Phi) is 3.76. The summed E-state index contributed by atoms with van der Waals surface area (Å²) in [6.07, 6.45) is 0. The fourth-order valence-electron chi connectivity index (χ4n) is 2.08. The molecule has 3 nitrogen and oxygen atoms in total. The molecule has 1 heterocycles. The smallest absolute Gasteiger partial charge is 0.166 e. The van der Waals surface area contributed by atoms with E-state index in [0.717, 1.165) is 21.9 Å². The van der Waals surface area contributed by atoms with Crippen molar-refractivity contribution in [2.75, 3.05) is 5.75 Å². The van der Waals surface area contributed by atoms with E-state index in [0.29, 0.717) is 0 Å². The van der Waals surface area contributed by atoms with Crippen LogP contribution in [0.5, 0.6) is 0 Å². The second-order valence-electron chi connectivity index (χ2n) is 4.89. The molecule has 20 heavy (non-hydrogen) atoms. The maximum absolute atomic E-state index is 6.22. The van der Waals surface area contributed by atoms with E-state index in [1.165, 1.54) is 11.1 Å². The summed E-state index contributed by atoms with van der Waals surface area (Å²) in [4.78, 5) is 7.85. The van der Waals surface area contributed by atoms with Gasteiger partial charge in [-0.05, 0) is 24.6 Å². The normalized spacial score (nSPS) is 12.7. The van der Waals surface area contributed by atoms with E-state index in [4.69, 9.17) is 5.73 Å². The molecule has 3 aromatic rings. The minimum absolute atomic E-state index is 0.0220. The zero-order chi connectivity index (χ0) is 13.9. The molecule has 0 spiro atoms. The molecule has 4 heteroatoms. The summed E-state index contributed by atoms with van der Waals surface area (Å²) < 4.78 is 0. The number of benzene rings is 2. The van der Waals surface area contributed by atoms with Gasteiger partial charge in [0.2, 0.25) is 0 Å². The molecule has 0 saturated carbocycles. The molecular weight excluding hydrogens is 266 g/mol. The number of aryl methyl sites for hydroxylation is 1. The van der Waals surface area contributed by atoms with Crippen molar-refractivity contribution in [3.8, 4) is 0 Å². The standard InChI is InChI=1S/C16H17N3S/c1-11-6-8-12(9-7-11)13(17)10-20-16-18-14-4-2-3-5-15(14)19-16/h2-9,13H,10,17H2,1H3,(H,18,19). The molecule has 0 amide bonds. The van der Waals surface area contributed by atoms with Gasteiger partial charge in [-0.2, -0.15) is 0 Å². The first-order valence-corrected chi connectivity index (χ1v) is 7.60. The molecular formula is C16H17N3S. The lowest BCUT2D eigenvalue weighted by molar-refractivity contribution is 0.828. The Morgan fingerprint density at radius 3 is 2.65 bits per heavy atom. The van der Waals surface area contributed by atoms with E-state index < -0.39 is 0 Å². The summed E-state index contributed by atoms with van der Waals surface area (Å²) in [6, 6.07) is 16.5. The number of nitrogens with zero attached hydrogens (tertiary/aromatic N) is 1. The molecule has 102 valence electrons. The quantitative estimate of drug-likeness (QED) is 0.718. The van der Waals surface area contributed by atoms with E-state index in [1.54, 1.807) is 11.8 Å². The van der Waals surface area contributed by atoms with Crippen molar-refractivity contribution in [3.05, 3.63) is 59.7 Å². The maximum Gasteiger partial charge on any atom is 0.166 e. The summed E-state index contributed by atoms with van der Waals surface area (Å²) >= 11 is 1.66. The number of thioether (sulfide) groups is 1. The van der Waals surface area contributed by atoms with Crippen molar-refractivity contribution in [1.82, 2.24) is 9.97 Å². The molecule has 0 aliphatic carbocycles. The molecule has 1 atom stereocenters. The van der Waals surface area contributed by atoms with Crippen molar-refractivity contribution in [3.63, 3.8) is 0 Å². The zero-order valence-corrected chi connectivity index (χ0v) is 12.2. The van der Waals surface area contributed by atoms with Crippen LogP contribution in [0.4, 0.5) is 0 Å². The van der Waals surface area contributed by atoms with Gasteiger partial charge in [-0.3, -0.25) is 0 Å². The van der Waals surface area contributed by atoms with Gasteiger partial charge in [-0.25, -0.2) is 4.98 Å². The Bertz CT molecular complexity index is 670. The van der Waals surface area contributed by atoms with Crippen LogP contribution in [0.15, 0.2) is 53.7 Å². The monoisotopic (exact) mass is 283 g/mol. The van der Waals surface area contributed by atoms with Crippen LogP contribution < -0.4 is 5.73 Å².